The van der Waals surface area contributed by atoms with E-state index in [0.717, 1.165) is 10.9 Å². The van der Waals surface area contributed by atoms with Gasteiger partial charge < -0.3 is 9.72 Å². The quantitative estimate of drug-likeness (QED) is 0.687. The minimum Gasteiger partial charge on any atom is -0.493 e. The third-order valence-electron chi connectivity index (χ3n) is 1.73. The monoisotopic (exact) mass is 182 g/mol. The SMILES string of the molecule is COc1cnc(Cl)c2cc[nH]c12. The molecule has 4 heteroatoms. The fraction of sp³-hybridized carbons (Fsp3) is 0.125. The fourth-order valence-electron chi connectivity index (χ4n) is 1.15. The van der Waals surface area contributed by atoms with Crippen molar-refractivity contribution in [1.29, 1.82) is 0 Å². The van der Waals surface area contributed by atoms with E-state index in [0.29, 0.717) is 10.9 Å². The molecule has 1 N–H and O–H groups in total. The summed E-state index contributed by atoms with van der Waals surface area (Å²) in [4.78, 5) is 7.00. The molecule has 0 atom stereocenters. The fourth-order valence-corrected chi connectivity index (χ4v) is 1.36. The molecule has 0 fully saturated rings. The summed E-state index contributed by atoms with van der Waals surface area (Å²) in [6, 6.07) is 1.87. The van der Waals surface area contributed by atoms with Crippen molar-refractivity contribution in [3.63, 3.8) is 0 Å². The highest BCUT2D eigenvalue weighted by Gasteiger charge is 2.05. The smallest absolute Gasteiger partial charge is 0.161 e. The van der Waals surface area contributed by atoms with Crippen molar-refractivity contribution in [3.8, 4) is 5.75 Å². The number of halogens is 1. The summed E-state index contributed by atoms with van der Waals surface area (Å²) in [6.07, 6.45) is 3.40. The van der Waals surface area contributed by atoms with Crippen molar-refractivity contribution in [3.05, 3.63) is 23.6 Å². The summed E-state index contributed by atoms with van der Waals surface area (Å²) in [7, 11) is 1.60. The number of methoxy groups -OCH3 is 1. The van der Waals surface area contributed by atoms with Gasteiger partial charge in [-0.05, 0) is 6.07 Å². The van der Waals surface area contributed by atoms with Gasteiger partial charge in [0, 0.05) is 11.6 Å². The predicted octanol–water partition coefficient (Wildman–Crippen LogP) is 2.22. The van der Waals surface area contributed by atoms with E-state index in [1.54, 1.807) is 19.5 Å². The molecule has 2 aromatic rings. The van der Waals surface area contributed by atoms with Gasteiger partial charge in [0.15, 0.2) is 5.75 Å². The van der Waals surface area contributed by atoms with Crippen LogP contribution >= 0.6 is 11.6 Å². The number of fused-ring (bicyclic) bond motifs is 1. The highest BCUT2D eigenvalue weighted by Crippen LogP contribution is 2.27. The zero-order chi connectivity index (χ0) is 8.55. The van der Waals surface area contributed by atoms with Gasteiger partial charge in [-0.25, -0.2) is 4.98 Å². The van der Waals surface area contributed by atoms with Crippen LogP contribution in [0.25, 0.3) is 10.9 Å². The van der Waals surface area contributed by atoms with E-state index in [1.165, 1.54) is 0 Å². The minimum atomic E-state index is 0.493. The lowest BCUT2D eigenvalue weighted by molar-refractivity contribution is 0.417. The molecule has 0 spiro atoms. The Balaban J connectivity index is 2.82. The molecule has 0 bridgehead atoms. The second-order valence-electron chi connectivity index (χ2n) is 2.38. The Bertz CT molecular complexity index is 410. The third-order valence-corrected chi connectivity index (χ3v) is 2.03. The van der Waals surface area contributed by atoms with Crippen LogP contribution in [0.2, 0.25) is 5.15 Å². The van der Waals surface area contributed by atoms with E-state index in [9.17, 15) is 0 Å². The summed E-state index contributed by atoms with van der Waals surface area (Å²) in [5, 5.41) is 1.38. The molecule has 0 unspecified atom stereocenters. The second-order valence-corrected chi connectivity index (χ2v) is 2.74. The lowest BCUT2D eigenvalue weighted by atomic mass is 10.3. The van der Waals surface area contributed by atoms with Crippen molar-refractivity contribution in [2.75, 3.05) is 7.11 Å². The molecule has 3 nitrogen and oxygen atoms in total. The molecule has 0 radical (unpaired) electrons. The van der Waals surface area contributed by atoms with Crippen molar-refractivity contribution >= 4 is 22.5 Å². The zero-order valence-electron chi connectivity index (χ0n) is 6.47. The highest BCUT2D eigenvalue weighted by molar-refractivity contribution is 6.34. The molecule has 0 aromatic carbocycles. The number of nitrogens with zero attached hydrogens (tertiary/aromatic N) is 1. The molecule has 12 heavy (non-hydrogen) atoms. The Hall–Kier alpha value is -1.22. The number of nitrogens with one attached hydrogen (secondary N) is 1. The largest absolute Gasteiger partial charge is 0.493 e. The van der Waals surface area contributed by atoms with Gasteiger partial charge >= 0.3 is 0 Å². The maximum atomic E-state index is 5.84. The topological polar surface area (TPSA) is 37.9 Å². The van der Waals surface area contributed by atoms with Gasteiger partial charge in [0.2, 0.25) is 0 Å². The number of H-pyrrole nitrogens is 1. The van der Waals surface area contributed by atoms with E-state index >= 15 is 0 Å². The summed E-state index contributed by atoms with van der Waals surface area (Å²) in [5.41, 5.74) is 0.887. The highest BCUT2D eigenvalue weighted by atomic mass is 35.5. The van der Waals surface area contributed by atoms with E-state index in [-0.39, 0.29) is 0 Å². The zero-order valence-corrected chi connectivity index (χ0v) is 7.22. The molecular weight excluding hydrogens is 176 g/mol. The Kier molecular flexibility index (Phi) is 1.66. The van der Waals surface area contributed by atoms with Crippen molar-refractivity contribution in [2.45, 2.75) is 0 Å². The summed E-state index contributed by atoms with van der Waals surface area (Å²) >= 11 is 5.84. The molecule has 0 aliphatic rings. The minimum absolute atomic E-state index is 0.493. The molecule has 0 saturated heterocycles. The summed E-state index contributed by atoms with van der Waals surface area (Å²) < 4.78 is 5.09. The van der Waals surface area contributed by atoms with Crippen LogP contribution in [0.15, 0.2) is 18.5 Å². The maximum absolute atomic E-state index is 5.84. The normalized spacial score (nSPS) is 10.5. The van der Waals surface area contributed by atoms with Gasteiger partial charge in [-0.3, -0.25) is 0 Å². The molecule has 0 amide bonds. The lowest BCUT2D eigenvalue weighted by Gasteiger charge is -2.00. The van der Waals surface area contributed by atoms with Gasteiger partial charge in [-0.2, -0.15) is 0 Å². The molecule has 2 heterocycles. The van der Waals surface area contributed by atoms with Crippen LogP contribution in [0.1, 0.15) is 0 Å². The Morgan fingerprint density at radius 3 is 3.17 bits per heavy atom. The van der Waals surface area contributed by atoms with Crippen LogP contribution < -0.4 is 4.74 Å². The first-order valence-electron chi connectivity index (χ1n) is 3.48. The van der Waals surface area contributed by atoms with E-state index in [4.69, 9.17) is 16.3 Å². The number of ether oxygens (including phenoxy) is 1. The van der Waals surface area contributed by atoms with E-state index in [2.05, 4.69) is 9.97 Å². The van der Waals surface area contributed by atoms with Crippen LogP contribution in [0.4, 0.5) is 0 Å². The van der Waals surface area contributed by atoms with Gasteiger partial charge in [0.05, 0.1) is 18.8 Å². The predicted molar refractivity (Wildman–Crippen MR) is 47.7 cm³/mol. The Morgan fingerprint density at radius 1 is 1.58 bits per heavy atom. The van der Waals surface area contributed by atoms with E-state index in [1.807, 2.05) is 6.07 Å². The van der Waals surface area contributed by atoms with Crippen molar-refractivity contribution < 1.29 is 4.74 Å². The van der Waals surface area contributed by atoms with Crippen molar-refractivity contribution in [1.82, 2.24) is 9.97 Å². The third kappa shape index (κ3) is 0.940. The van der Waals surface area contributed by atoms with Gasteiger partial charge in [-0.1, -0.05) is 11.6 Å². The van der Waals surface area contributed by atoms with Crippen LogP contribution in [0.3, 0.4) is 0 Å². The molecular formula is C8H7ClN2O. The second kappa shape index (κ2) is 2.68. The average Bonchev–Trinajstić information content (AvgIpc) is 2.54. The molecule has 0 aliphatic carbocycles. The first kappa shape index (κ1) is 7.43. The molecule has 0 saturated carbocycles. The number of hydrogen-bond donors (Lipinski definition) is 1. The molecule has 2 aromatic heterocycles. The Morgan fingerprint density at radius 2 is 2.42 bits per heavy atom. The number of rotatable bonds is 1. The van der Waals surface area contributed by atoms with Gasteiger partial charge in [0.25, 0.3) is 0 Å². The van der Waals surface area contributed by atoms with Crippen LogP contribution in [0, 0.1) is 0 Å². The van der Waals surface area contributed by atoms with Crippen molar-refractivity contribution in [2.24, 2.45) is 0 Å². The number of aromatic amines is 1. The van der Waals surface area contributed by atoms with Gasteiger partial charge in [-0.15, -0.1) is 0 Å². The maximum Gasteiger partial charge on any atom is 0.161 e. The number of aromatic nitrogens is 2. The molecule has 2 rings (SSSR count). The summed E-state index contributed by atoms with van der Waals surface area (Å²) in [6.45, 7) is 0. The Labute approximate surface area is 74.3 Å². The van der Waals surface area contributed by atoms with Crippen LogP contribution in [-0.4, -0.2) is 17.1 Å². The molecule has 0 aliphatic heterocycles. The van der Waals surface area contributed by atoms with Crippen LogP contribution in [0.5, 0.6) is 5.75 Å². The van der Waals surface area contributed by atoms with E-state index < -0.39 is 0 Å². The standard InChI is InChI=1S/C8H7ClN2O/c1-12-6-4-11-8(9)5-2-3-10-7(5)6/h2-4,10H,1H3. The lowest BCUT2D eigenvalue weighted by Crippen LogP contribution is -1.86. The number of pyridine rings is 1. The van der Waals surface area contributed by atoms with Gasteiger partial charge in [0.1, 0.15) is 5.15 Å². The first-order chi connectivity index (χ1) is 5.83. The van der Waals surface area contributed by atoms with Crippen LogP contribution in [-0.2, 0) is 0 Å². The summed E-state index contributed by atoms with van der Waals surface area (Å²) in [5.74, 6) is 0.708. The number of hydrogen-bond acceptors (Lipinski definition) is 2. The average molecular weight is 183 g/mol. The molecule has 62 valence electrons. The first-order valence-corrected chi connectivity index (χ1v) is 3.86.